The van der Waals surface area contributed by atoms with Crippen LogP contribution in [0.5, 0.6) is 0 Å². The number of nitrogens with one attached hydrogen (secondary N) is 1. The summed E-state index contributed by atoms with van der Waals surface area (Å²) in [6.45, 7) is 0. The van der Waals surface area contributed by atoms with Crippen LogP contribution in [0, 0.1) is 0 Å². The minimum absolute atomic E-state index is 0.0909. The number of hydrogen-bond acceptors (Lipinski definition) is 4. The van der Waals surface area contributed by atoms with Crippen LogP contribution in [0.3, 0.4) is 0 Å². The van der Waals surface area contributed by atoms with Crippen LogP contribution in [0.15, 0.2) is 41.1 Å². The van der Waals surface area contributed by atoms with Crippen molar-refractivity contribution in [3.05, 3.63) is 52.2 Å². The van der Waals surface area contributed by atoms with Gasteiger partial charge in [0.2, 0.25) is 11.8 Å². The van der Waals surface area contributed by atoms with Gasteiger partial charge in [0.1, 0.15) is 0 Å². The molecule has 3 N–H and O–H groups in total. The zero-order valence-corrected chi connectivity index (χ0v) is 12.3. The van der Waals surface area contributed by atoms with E-state index >= 15 is 0 Å². The first kappa shape index (κ1) is 14.6. The van der Waals surface area contributed by atoms with Crippen LogP contribution >= 0.6 is 23.1 Å². The largest absolute Gasteiger partial charge is 0.366 e. The lowest BCUT2D eigenvalue weighted by molar-refractivity contribution is -0.113. The molecule has 0 atom stereocenters. The molecule has 0 radical (unpaired) electrons. The van der Waals surface area contributed by atoms with Gasteiger partial charge < -0.3 is 11.1 Å². The lowest BCUT2D eigenvalue weighted by Gasteiger charge is -2.06. The molecular weight excluding hydrogens is 292 g/mol. The number of thioether (sulfide) groups is 1. The quantitative estimate of drug-likeness (QED) is 0.862. The average Bonchev–Trinajstić information content (AvgIpc) is 2.92. The Bertz CT molecular complexity index is 597. The lowest BCUT2D eigenvalue weighted by atomic mass is 10.2. The van der Waals surface area contributed by atoms with Crippen molar-refractivity contribution >= 4 is 40.6 Å². The number of rotatable bonds is 6. The molecule has 1 aromatic carbocycles. The number of amides is 2. The monoisotopic (exact) mass is 306 g/mol. The number of benzene rings is 1. The summed E-state index contributed by atoms with van der Waals surface area (Å²) in [5.41, 5.74) is 7.39. The van der Waals surface area contributed by atoms with Gasteiger partial charge in [-0.2, -0.15) is 11.3 Å². The van der Waals surface area contributed by atoms with Gasteiger partial charge in [0, 0.05) is 17.0 Å². The molecule has 6 heteroatoms. The first-order chi connectivity index (χ1) is 9.65. The van der Waals surface area contributed by atoms with Crippen LogP contribution in [0.2, 0.25) is 0 Å². The van der Waals surface area contributed by atoms with E-state index < -0.39 is 5.91 Å². The van der Waals surface area contributed by atoms with Crippen molar-refractivity contribution in [1.82, 2.24) is 0 Å². The molecule has 0 saturated carbocycles. The van der Waals surface area contributed by atoms with Gasteiger partial charge in [-0.25, -0.2) is 0 Å². The predicted octanol–water partition coefficient (Wildman–Crippen LogP) is 2.72. The van der Waals surface area contributed by atoms with E-state index in [1.54, 1.807) is 47.4 Å². The highest BCUT2D eigenvalue weighted by Gasteiger charge is 2.05. The molecule has 0 aliphatic carbocycles. The Morgan fingerprint density at radius 2 is 2.15 bits per heavy atom. The molecule has 0 aliphatic rings. The van der Waals surface area contributed by atoms with Crippen molar-refractivity contribution in [2.45, 2.75) is 5.75 Å². The van der Waals surface area contributed by atoms with E-state index in [0.29, 0.717) is 17.0 Å². The summed E-state index contributed by atoms with van der Waals surface area (Å²) in [6, 6.07) is 8.65. The van der Waals surface area contributed by atoms with Crippen molar-refractivity contribution < 1.29 is 9.59 Å². The molecule has 4 nitrogen and oxygen atoms in total. The van der Waals surface area contributed by atoms with Crippen molar-refractivity contribution in [3.8, 4) is 0 Å². The van der Waals surface area contributed by atoms with Crippen LogP contribution in [-0.2, 0) is 10.5 Å². The number of carbonyl (C=O) groups is 2. The molecular formula is C14H14N2O2S2. The van der Waals surface area contributed by atoms with Crippen molar-refractivity contribution in [2.24, 2.45) is 5.73 Å². The highest BCUT2D eigenvalue weighted by atomic mass is 32.2. The maximum atomic E-state index is 11.8. The fourth-order valence-corrected chi connectivity index (χ4v) is 3.13. The Morgan fingerprint density at radius 3 is 2.85 bits per heavy atom. The first-order valence-electron chi connectivity index (χ1n) is 5.93. The summed E-state index contributed by atoms with van der Waals surface area (Å²) < 4.78 is 0. The summed E-state index contributed by atoms with van der Waals surface area (Å²) in [4.78, 5) is 22.8. The number of anilines is 1. The molecule has 0 fully saturated rings. The minimum Gasteiger partial charge on any atom is -0.366 e. The Labute approximate surface area is 125 Å². The van der Waals surface area contributed by atoms with Crippen molar-refractivity contribution in [1.29, 1.82) is 0 Å². The van der Waals surface area contributed by atoms with Gasteiger partial charge in [-0.3, -0.25) is 9.59 Å². The Kier molecular flexibility index (Phi) is 5.20. The summed E-state index contributed by atoms with van der Waals surface area (Å²) >= 11 is 3.20. The van der Waals surface area contributed by atoms with Gasteiger partial charge in [0.25, 0.3) is 0 Å². The fraction of sp³-hybridized carbons (Fsp3) is 0.143. The lowest BCUT2D eigenvalue weighted by Crippen LogP contribution is -2.15. The number of nitrogens with two attached hydrogens (primary N) is 1. The number of hydrogen-bond donors (Lipinski definition) is 2. The Morgan fingerprint density at radius 1 is 1.30 bits per heavy atom. The maximum absolute atomic E-state index is 11.8. The molecule has 0 saturated heterocycles. The third kappa shape index (κ3) is 4.40. The summed E-state index contributed by atoms with van der Waals surface area (Å²) in [5.74, 6) is 0.592. The molecule has 0 aliphatic heterocycles. The molecule has 0 spiro atoms. The predicted molar refractivity (Wildman–Crippen MR) is 84.1 cm³/mol. The zero-order valence-electron chi connectivity index (χ0n) is 10.7. The van der Waals surface area contributed by atoms with E-state index in [-0.39, 0.29) is 5.91 Å². The molecule has 20 heavy (non-hydrogen) atoms. The van der Waals surface area contributed by atoms with Crippen molar-refractivity contribution in [2.75, 3.05) is 11.1 Å². The SMILES string of the molecule is NC(=O)c1cccc(NC(=O)CSCc2ccsc2)c1. The number of thiophene rings is 1. The maximum Gasteiger partial charge on any atom is 0.248 e. The van der Waals surface area contributed by atoms with Crippen LogP contribution < -0.4 is 11.1 Å². The molecule has 1 aromatic heterocycles. The van der Waals surface area contributed by atoms with Gasteiger partial charge in [-0.05, 0) is 40.6 Å². The van der Waals surface area contributed by atoms with E-state index in [2.05, 4.69) is 10.7 Å². The first-order valence-corrected chi connectivity index (χ1v) is 8.03. The van der Waals surface area contributed by atoms with E-state index in [0.717, 1.165) is 5.75 Å². The third-order valence-electron chi connectivity index (χ3n) is 2.51. The average molecular weight is 306 g/mol. The Hall–Kier alpha value is -1.79. The fourth-order valence-electron chi connectivity index (χ4n) is 1.58. The van der Waals surface area contributed by atoms with E-state index in [1.807, 2.05) is 11.4 Å². The highest BCUT2D eigenvalue weighted by Crippen LogP contribution is 2.16. The number of carbonyl (C=O) groups excluding carboxylic acids is 2. The normalized spacial score (nSPS) is 10.2. The topological polar surface area (TPSA) is 72.2 Å². The van der Waals surface area contributed by atoms with Crippen LogP contribution in [0.1, 0.15) is 15.9 Å². The third-order valence-corrected chi connectivity index (χ3v) is 4.25. The van der Waals surface area contributed by atoms with Gasteiger partial charge >= 0.3 is 0 Å². The van der Waals surface area contributed by atoms with Crippen LogP contribution in [0.4, 0.5) is 5.69 Å². The van der Waals surface area contributed by atoms with Gasteiger partial charge in [-0.15, -0.1) is 11.8 Å². The molecule has 1 heterocycles. The molecule has 2 rings (SSSR count). The summed E-state index contributed by atoms with van der Waals surface area (Å²) in [7, 11) is 0. The second-order valence-electron chi connectivity index (χ2n) is 4.12. The second-order valence-corrected chi connectivity index (χ2v) is 5.88. The zero-order chi connectivity index (χ0) is 14.4. The minimum atomic E-state index is -0.507. The highest BCUT2D eigenvalue weighted by molar-refractivity contribution is 7.99. The molecule has 2 aromatic rings. The van der Waals surface area contributed by atoms with Gasteiger partial charge in [0.05, 0.1) is 5.75 Å². The summed E-state index contributed by atoms with van der Waals surface area (Å²) in [6.07, 6.45) is 0. The molecule has 104 valence electrons. The standard InChI is InChI=1S/C14H14N2O2S2/c15-14(18)11-2-1-3-12(6-11)16-13(17)9-20-8-10-4-5-19-7-10/h1-7H,8-9H2,(H2,15,18)(H,16,17). The summed E-state index contributed by atoms with van der Waals surface area (Å²) in [5, 5.41) is 6.84. The van der Waals surface area contributed by atoms with Crippen molar-refractivity contribution in [3.63, 3.8) is 0 Å². The smallest absolute Gasteiger partial charge is 0.248 e. The molecule has 2 amide bonds. The second kappa shape index (κ2) is 7.12. The molecule has 0 unspecified atom stereocenters. The van der Waals surface area contributed by atoms with E-state index in [9.17, 15) is 9.59 Å². The van der Waals surface area contributed by atoms with Gasteiger partial charge in [-0.1, -0.05) is 6.07 Å². The molecule has 0 bridgehead atoms. The van der Waals surface area contributed by atoms with Gasteiger partial charge in [0.15, 0.2) is 0 Å². The number of primary amides is 1. The van der Waals surface area contributed by atoms with Crippen LogP contribution in [-0.4, -0.2) is 17.6 Å². The van der Waals surface area contributed by atoms with E-state index in [1.165, 1.54) is 5.56 Å². The Balaban J connectivity index is 1.82. The van der Waals surface area contributed by atoms with E-state index in [4.69, 9.17) is 5.73 Å². The van der Waals surface area contributed by atoms with Crippen LogP contribution in [0.25, 0.3) is 0 Å².